The summed E-state index contributed by atoms with van der Waals surface area (Å²) in [5.41, 5.74) is 3.22. The van der Waals surface area contributed by atoms with Gasteiger partial charge in [-0.1, -0.05) is 68.8 Å². The van der Waals surface area contributed by atoms with Crippen LogP contribution < -0.4 is 9.62 Å². The van der Waals surface area contributed by atoms with Gasteiger partial charge in [-0.25, -0.2) is 8.42 Å². The van der Waals surface area contributed by atoms with Crippen LogP contribution in [0.2, 0.25) is 0 Å². The van der Waals surface area contributed by atoms with Crippen molar-refractivity contribution in [3.8, 4) is 0 Å². The number of aryl methyl sites for hydroxylation is 1. The van der Waals surface area contributed by atoms with E-state index in [0.717, 1.165) is 27.3 Å². The predicted octanol–water partition coefficient (Wildman–Crippen LogP) is 3.44. The standard InChI is InChI=1S/C25H35N3O4S/c1-7-22(25(30)26-5)27(16-20-12-10-11-19(4)15-20)24(29)17-28(33(6,31)32)23-14-9-8-13-21(23)18(2)3/h8-15,18,22H,7,16-17H2,1-6H3,(H,26,30)/t22-/m0/s1. The van der Waals surface area contributed by atoms with E-state index in [1.54, 1.807) is 12.1 Å². The van der Waals surface area contributed by atoms with Gasteiger partial charge in [0.15, 0.2) is 0 Å². The van der Waals surface area contributed by atoms with Crippen molar-refractivity contribution in [2.45, 2.75) is 52.6 Å². The number of nitrogens with zero attached hydrogens (tertiary/aromatic N) is 2. The molecule has 0 unspecified atom stereocenters. The van der Waals surface area contributed by atoms with Crippen molar-refractivity contribution in [2.24, 2.45) is 0 Å². The first-order chi connectivity index (χ1) is 15.5. The number of likely N-dealkylation sites (N-methyl/N-ethyl adjacent to an activating group) is 1. The number of nitrogens with one attached hydrogen (secondary N) is 1. The Hall–Kier alpha value is -2.87. The largest absolute Gasteiger partial charge is 0.357 e. The number of carbonyl (C=O) groups excluding carboxylic acids is 2. The van der Waals surface area contributed by atoms with Gasteiger partial charge in [-0.05, 0) is 36.5 Å². The van der Waals surface area contributed by atoms with Gasteiger partial charge in [0.2, 0.25) is 21.8 Å². The molecule has 33 heavy (non-hydrogen) atoms. The predicted molar refractivity (Wildman–Crippen MR) is 133 cm³/mol. The number of sulfonamides is 1. The van der Waals surface area contributed by atoms with E-state index in [-0.39, 0.29) is 24.9 Å². The molecule has 0 saturated carbocycles. The minimum atomic E-state index is -3.76. The fourth-order valence-corrected chi connectivity index (χ4v) is 4.76. The third kappa shape index (κ3) is 6.81. The quantitative estimate of drug-likeness (QED) is 0.573. The Morgan fingerprint density at radius 3 is 2.27 bits per heavy atom. The van der Waals surface area contributed by atoms with Crippen molar-refractivity contribution >= 4 is 27.5 Å². The number of hydrogen-bond acceptors (Lipinski definition) is 4. The van der Waals surface area contributed by atoms with Crippen LogP contribution in [0, 0.1) is 6.92 Å². The van der Waals surface area contributed by atoms with Gasteiger partial charge in [-0.15, -0.1) is 0 Å². The summed E-state index contributed by atoms with van der Waals surface area (Å²) in [7, 11) is -2.23. The maximum Gasteiger partial charge on any atom is 0.244 e. The number of carbonyl (C=O) groups is 2. The molecule has 2 amide bonds. The second kappa shape index (κ2) is 11.3. The molecule has 0 heterocycles. The highest BCUT2D eigenvalue weighted by molar-refractivity contribution is 7.92. The molecule has 2 aromatic carbocycles. The summed E-state index contributed by atoms with van der Waals surface area (Å²) in [4.78, 5) is 27.7. The first kappa shape index (κ1) is 26.4. The van der Waals surface area contributed by atoms with Gasteiger partial charge in [0, 0.05) is 13.6 Å². The lowest BCUT2D eigenvalue weighted by Crippen LogP contribution is -2.51. The van der Waals surface area contributed by atoms with Crippen molar-refractivity contribution in [3.05, 3.63) is 65.2 Å². The zero-order valence-electron chi connectivity index (χ0n) is 20.3. The molecule has 0 spiro atoms. The van der Waals surface area contributed by atoms with E-state index in [1.165, 1.54) is 11.9 Å². The average molecular weight is 474 g/mol. The van der Waals surface area contributed by atoms with Gasteiger partial charge in [-0.3, -0.25) is 13.9 Å². The molecule has 1 N–H and O–H groups in total. The van der Waals surface area contributed by atoms with E-state index in [4.69, 9.17) is 0 Å². The van der Waals surface area contributed by atoms with Crippen LogP contribution in [-0.2, 0) is 26.2 Å². The van der Waals surface area contributed by atoms with Crippen LogP contribution in [0.25, 0.3) is 0 Å². The van der Waals surface area contributed by atoms with E-state index in [0.29, 0.717) is 12.1 Å². The minimum Gasteiger partial charge on any atom is -0.357 e. The Morgan fingerprint density at radius 2 is 1.73 bits per heavy atom. The van der Waals surface area contributed by atoms with Crippen LogP contribution in [-0.4, -0.2) is 51.0 Å². The Balaban J connectivity index is 2.49. The lowest BCUT2D eigenvalue weighted by atomic mass is 10.0. The number of benzene rings is 2. The summed E-state index contributed by atoms with van der Waals surface area (Å²) in [6.45, 7) is 7.56. The van der Waals surface area contributed by atoms with Crippen molar-refractivity contribution in [1.29, 1.82) is 0 Å². The Bertz CT molecular complexity index is 1080. The van der Waals surface area contributed by atoms with Crippen molar-refractivity contribution in [3.63, 3.8) is 0 Å². The molecule has 0 aliphatic rings. The van der Waals surface area contributed by atoms with Gasteiger partial charge >= 0.3 is 0 Å². The molecule has 0 aliphatic carbocycles. The highest BCUT2D eigenvalue weighted by atomic mass is 32.2. The fraction of sp³-hybridized carbons (Fsp3) is 0.440. The summed E-state index contributed by atoms with van der Waals surface area (Å²) in [5.74, 6) is -0.652. The molecule has 8 heteroatoms. The molecule has 0 radical (unpaired) electrons. The number of amides is 2. The lowest BCUT2D eigenvalue weighted by molar-refractivity contribution is -0.140. The topological polar surface area (TPSA) is 86.8 Å². The maximum absolute atomic E-state index is 13.6. The Labute approximate surface area is 197 Å². The number of para-hydroxylation sites is 1. The van der Waals surface area contributed by atoms with Crippen LogP contribution in [0.4, 0.5) is 5.69 Å². The zero-order chi connectivity index (χ0) is 24.8. The number of rotatable bonds is 10. The van der Waals surface area contributed by atoms with Crippen LogP contribution in [0.3, 0.4) is 0 Å². The molecule has 0 aromatic heterocycles. The fourth-order valence-electron chi connectivity index (χ4n) is 3.89. The van der Waals surface area contributed by atoms with E-state index in [1.807, 2.05) is 64.1 Å². The normalized spacial score (nSPS) is 12.3. The van der Waals surface area contributed by atoms with Crippen molar-refractivity contribution in [1.82, 2.24) is 10.2 Å². The Morgan fingerprint density at radius 1 is 1.06 bits per heavy atom. The van der Waals surface area contributed by atoms with E-state index < -0.39 is 22.0 Å². The molecule has 0 aliphatic heterocycles. The van der Waals surface area contributed by atoms with E-state index in [9.17, 15) is 18.0 Å². The van der Waals surface area contributed by atoms with E-state index in [2.05, 4.69) is 5.32 Å². The monoisotopic (exact) mass is 473 g/mol. The lowest BCUT2D eigenvalue weighted by Gasteiger charge is -2.33. The minimum absolute atomic E-state index is 0.0678. The Kier molecular flexibility index (Phi) is 9.05. The third-order valence-corrected chi connectivity index (χ3v) is 6.70. The van der Waals surface area contributed by atoms with Crippen molar-refractivity contribution in [2.75, 3.05) is 24.2 Å². The van der Waals surface area contributed by atoms with Gasteiger partial charge in [-0.2, -0.15) is 0 Å². The molecule has 180 valence electrons. The summed E-state index contributed by atoms with van der Waals surface area (Å²) >= 11 is 0. The zero-order valence-corrected chi connectivity index (χ0v) is 21.1. The molecule has 7 nitrogen and oxygen atoms in total. The number of hydrogen-bond donors (Lipinski definition) is 1. The highest BCUT2D eigenvalue weighted by Gasteiger charge is 2.32. The first-order valence-corrected chi connectivity index (χ1v) is 13.0. The molecular formula is C25H35N3O4S. The van der Waals surface area contributed by atoms with E-state index >= 15 is 0 Å². The van der Waals surface area contributed by atoms with Crippen LogP contribution in [0.5, 0.6) is 0 Å². The van der Waals surface area contributed by atoms with Crippen LogP contribution in [0.15, 0.2) is 48.5 Å². The first-order valence-electron chi connectivity index (χ1n) is 11.1. The second-order valence-corrected chi connectivity index (χ2v) is 10.4. The summed E-state index contributed by atoms with van der Waals surface area (Å²) in [6.07, 6.45) is 1.50. The summed E-state index contributed by atoms with van der Waals surface area (Å²) in [5, 5.41) is 2.62. The van der Waals surface area contributed by atoms with Gasteiger partial charge in [0.25, 0.3) is 0 Å². The molecule has 2 rings (SSSR count). The summed E-state index contributed by atoms with van der Waals surface area (Å²) < 4.78 is 26.7. The molecule has 1 atom stereocenters. The smallest absolute Gasteiger partial charge is 0.244 e. The van der Waals surface area contributed by atoms with Crippen LogP contribution in [0.1, 0.15) is 49.8 Å². The number of anilines is 1. The molecule has 2 aromatic rings. The molecular weight excluding hydrogens is 438 g/mol. The van der Waals surface area contributed by atoms with Crippen molar-refractivity contribution < 1.29 is 18.0 Å². The maximum atomic E-state index is 13.6. The molecule has 0 bridgehead atoms. The van der Waals surface area contributed by atoms with Crippen LogP contribution >= 0.6 is 0 Å². The van der Waals surface area contributed by atoms with Gasteiger partial charge < -0.3 is 10.2 Å². The van der Waals surface area contributed by atoms with Gasteiger partial charge in [0.1, 0.15) is 12.6 Å². The SMILES string of the molecule is CC[C@@H](C(=O)NC)N(Cc1cccc(C)c1)C(=O)CN(c1ccccc1C(C)C)S(C)(=O)=O. The van der Waals surface area contributed by atoms with Gasteiger partial charge in [0.05, 0.1) is 11.9 Å². The average Bonchev–Trinajstić information content (AvgIpc) is 2.76. The molecule has 0 fully saturated rings. The third-order valence-electron chi connectivity index (χ3n) is 5.57. The highest BCUT2D eigenvalue weighted by Crippen LogP contribution is 2.29. The summed E-state index contributed by atoms with van der Waals surface area (Å²) in [6, 6.07) is 14.2. The second-order valence-electron chi connectivity index (χ2n) is 8.53. The molecule has 0 saturated heterocycles.